The molecular formula is C20H19N3O4. The van der Waals surface area contributed by atoms with Crippen LogP contribution in [0.15, 0.2) is 48.5 Å². The molecule has 0 aliphatic carbocycles. The molecule has 2 aliphatic rings. The van der Waals surface area contributed by atoms with Gasteiger partial charge in [0.1, 0.15) is 11.8 Å². The molecule has 0 aromatic heterocycles. The Hall–Kier alpha value is -3.35. The predicted molar refractivity (Wildman–Crippen MR) is 99.7 cm³/mol. The van der Waals surface area contributed by atoms with Crippen LogP contribution in [0, 0.1) is 0 Å². The number of anilines is 2. The highest BCUT2D eigenvalue weighted by molar-refractivity contribution is 6.11. The first-order chi connectivity index (χ1) is 13.1. The first-order valence-electron chi connectivity index (χ1n) is 8.85. The van der Waals surface area contributed by atoms with E-state index in [1.807, 2.05) is 18.2 Å². The van der Waals surface area contributed by atoms with E-state index in [9.17, 15) is 14.4 Å². The highest BCUT2D eigenvalue weighted by Gasteiger charge is 2.38. The van der Waals surface area contributed by atoms with Crippen molar-refractivity contribution < 1.29 is 19.1 Å². The number of hydrogen-bond donors (Lipinski definition) is 2. The van der Waals surface area contributed by atoms with E-state index >= 15 is 0 Å². The van der Waals surface area contributed by atoms with Crippen LogP contribution < -0.4 is 15.4 Å². The quantitative estimate of drug-likeness (QED) is 0.870. The van der Waals surface area contributed by atoms with Crippen molar-refractivity contribution in [3.8, 4) is 5.75 Å². The van der Waals surface area contributed by atoms with E-state index in [4.69, 9.17) is 4.74 Å². The van der Waals surface area contributed by atoms with Crippen LogP contribution in [-0.2, 0) is 9.59 Å². The number of carbonyl (C=O) groups excluding carboxylic acids is 3. The molecule has 4 rings (SSSR count). The molecule has 138 valence electrons. The molecular weight excluding hydrogens is 346 g/mol. The minimum absolute atomic E-state index is 0.139. The molecule has 0 radical (unpaired) electrons. The van der Waals surface area contributed by atoms with Crippen molar-refractivity contribution in [3.05, 3.63) is 54.1 Å². The minimum Gasteiger partial charge on any atom is -0.484 e. The molecule has 3 amide bonds. The van der Waals surface area contributed by atoms with Crippen LogP contribution in [0.2, 0.25) is 0 Å². The van der Waals surface area contributed by atoms with Gasteiger partial charge in [-0.05, 0) is 43.2 Å². The highest BCUT2D eigenvalue weighted by Crippen LogP contribution is 2.30. The van der Waals surface area contributed by atoms with Crippen molar-refractivity contribution in [2.24, 2.45) is 0 Å². The van der Waals surface area contributed by atoms with Crippen LogP contribution in [0.4, 0.5) is 11.4 Å². The van der Waals surface area contributed by atoms with Gasteiger partial charge in [0, 0.05) is 12.2 Å². The number of benzene rings is 2. The number of hydrogen-bond acceptors (Lipinski definition) is 4. The second-order valence-corrected chi connectivity index (χ2v) is 6.56. The first-order valence-corrected chi connectivity index (χ1v) is 8.85. The van der Waals surface area contributed by atoms with E-state index in [0.29, 0.717) is 35.7 Å². The summed E-state index contributed by atoms with van der Waals surface area (Å²) >= 11 is 0. The molecule has 2 heterocycles. The fourth-order valence-corrected chi connectivity index (χ4v) is 3.42. The third-order valence-electron chi connectivity index (χ3n) is 4.72. The summed E-state index contributed by atoms with van der Waals surface area (Å²) in [5.41, 5.74) is 1.34. The minimum atomic E-state index is -0.415. The maximum Gasteiger partial charge on any atom is 0.262 e. The van der Waals surface area contributed by atoms with Gasteiger partial charge in [0.05, 0.1) is 11.3 Å². The summed E-state index contributed by atoms with van der Waals surface area (Å²) in [5, 5.41) is 5.54. The zero-order chi connectivity index (χ0) is 18.8. The molecule has 0 spiro atoms. The van der Waals surface area contributed by atoms with Crippen LogP contribution >= 0.6 is 0 Å². The lowest BCUT2D eigenvalue weighted by atomic mass is 10.1. The van der Waals surface area contributed by atoms with Crippen LogP contribution in [0.3, 0.4) is 0 Å². The van der Waals surface area contributed by atoms with Gasteiger partial charge in [-0.2, -0.15) is 0 Å². The molecule has 1 fully saturated rings. The Bertz CT molecular complexity index is 897. The van der Waals surface area contributed by atoms with E-state index < -0.39 is 6.04 Å². The monoisotopic (exact) mass is 365 g/mol. The molecule has 0 bridgehead atoms. The van der Waals surface area contributed by atoms with E-state index in [-0.39, 0.29) is 24.3 Å². The Kier molecular flexibility index (Phi) is 4.50. The summed E-state index contributed by atoms with van der Waals surface area (Å²) in [6, 6.07) is 13.5. The van der Waals surface area contributed by atoms with Gasteiger partial charge in [-0.15, -0.1) is 0 Å². The average molecular weight is 365 g/mol. The Labute approximate surface area is 156 Å². The van der Waals surface area contributed by atoms with Crippen molar-refractivity contribution in [1.29, 1.82) is 0 Å². The average Bonchev–Trinajstić information content (AvgIpc) is 3.14. The first kappa shape index (κ1) is 17.1. The lowest BCUT2D eigenvalue weighted by Gasteiger charge is -2.20. The number of rotatable bonds is 4. The van der Waals surface area contributed by atoms with Gasteiger partial charge in [-0.1, -0.05) is 18.2 Å². The molecule has 1 saturated heterocycles. The van der Waals surface area contributed by atoms with Gasteiger partial charge >= 0.3 is 0 Å². The standard InChI is InChI=1S/C20H19N3O4/c24-18(12-27-14-5-2-1-3-6-14)21-13-8-9-16-15(11-13)20(26)23-10-4-7-17(23)19(25)22-16/h1-3,5-6,8-9,11,17H,4,7,10,12H2,(H,21,24)(H,22,25). The van der Waals surface area contributed by atoms with Crippen molar-refractivity contribution in [1.82, 2.24) is 4.90 Å². The van der Waals surface area contributed by atoms with Crippen molar-refractivity contribution in [3.63, 3.8) is 0 Å². The second kappa shape index (κ2) is 7.11. The second-order valence-electron chi connectivity index (χ2n) is 6.56. The largest absolute Gasteiger partial charge is 0.484 e. The zero-order valence-corrected chi connectivity index (χ0v) is 14.6. The van der Waals surface area contributed by atoms with Gasteiger partial charge in [-0.25, -0.2) is 0 Å². The molecule has 1 unspecified atom stereocenters. The van der Waals surface area contributed by atoms with E-state index in [1.165, 1.54) is 0 Å². The molecule has 7 nitrogen and oxygen atoms in total. The van der Waals surface area contributed by atoms with E-state index in [1.54, 1.807) is 35.2 Å². The highest BCUT2D eigenvalue weighted by atomic mass is 16.5. The molecule has 2 N–H and O–H groups in total. The number of nitrogens with one attached hydrogen (secondary N) is 2. The van der Waals surface area contributed by atoms with E-state index in [2.05, 4.69) is 10.6 Å². The fourth-order valence-electron chi connectivity index (χ4n) is 3.42. The SMILES string of the molecule is O=C(COc1ccccc1)Nc1ccc2c(c1)C(=O)N1CCCC1C(=O)N2. The maximum atomic E-state index is 12.8. The van der Waals surface area contributed by atoms with Gasteiger partial charge in [0.25, 0.3) is 11.8 Å². The number of nitrogens with zero attached hydrogens (tertiary/aromatic N) is 1. The zero-order valence-electron chi connectivity index (χ0n) is 14.6. The van der Waals surface area contributed by atoms with Crippen molar-refractivity contribution in [2.45, 2.75) is 18.9 Å². The third-order valence-corrected chi connectivity index (χ3v) is 4.72. The van der Waals surface area contributed by atoms with Crippen LogP contribution in [-0.4, -0.2) is 41.8 Å². The molecule has 2 aromatic carbocycles. The summed E-state index contributed by atoms with van der Waals surface area (Å²) in [7, 11) is 0. The predicted octanol–water partition coefficient (Wildman–Crippen LogP) is 2.26. The van der Waals surface area contributed by atoms with Crippen LogP contribution in [0.5, 0.6) is 5.75 Å². The fraction of sp³-hybridized carbons (Fsp3) is 0.250. The number of carbonyl (C=O) groups is 3. The van der Waals surface area contributed by atoms with Gasteiger partial charge in [0.15, 0.2) is 6.61 Å². The number of fused-ring (bicyclic) bond motifs is 2. The number of amides is 3. The maximum absolute atomic E-state index is 12.8. The Balaban J connectivity index is 1.48. The van der Waals surface area contributed by atoms with Crippen LogP contribution in [0.1, 0.15) is 23.2 Å². The van der Waals surface area contributed by atoms with Crippen molar-refractivity contribution in [2.75, 3.05) is 23.8 Å². The number of para-hydroxylation sites is 1. The number of ether oxygens (including phenoxy) is 1. The Morgan fingerprint density at radius 3 is 2.81 bits per heavy atom. The summed E-state index contributed by atoms with van der Waals surface area (Å²) in [6.45, 7) is 0.428. The normalized spacial score (nSPS) is 18.2. The molecule has 2 aliphatic heterocycles. The summed E-state index contributed by atoms with van der Waals surface area (Å²) in [5.74, 6) is -0.0781. The van der Waals surface area contributed by atoms with E-state index in [0.717, 1.165) is 6.42 Å². The Morgan fingerprint density at radius 1 is 1.19 bits per heavy atom. The molecule has 7 heteroatoms. The summed E-state index contributed by atoms with van der Waals surface area (Å²) in [4.78, 5) is 38.8. The molecule has 1 atom stereocenters. The lowest BCUT2D eigenvalue weighted by molar-refractivity contribution is -0.119. The van der Waals surface area contributed by atoms with Crippen LogP contribution in [0.25, 0.3) is 0 Å². The smallest absolute Gasteiger partial charge is 0.262 e. The lowest BCUT2D eigenvalue weighted by Crippen LogP contribution is -2.40. The van der Waals surface area contributed by atoms with Gasteiger partial charge < -0.3 is 20.3 Å². The molecule has 27 heavy (non-hydrogen) atoms. The molecule has 2 aromatic rings. The summed E-state index contributed by atoms with van der Waals surface area (Å²) < 4.78 is 5.42. The summed E-state index contributed by atoms with van der Waals surface area (Å²) in [6.07, 6.45) is 1.48. The molecule has 0 saturated carbocycles. The third kappa shape index (κ3) is 3.48. The van der Waals surface area contributed by atoms with Crippen molar-refractivity contribution >= 4 is 29.1 Å². The van der Waals surface area contributed by atoms with Gasteiger partial charge in [-0.3, -0.25) is 14.4 Å². The topological polar surface area (TPSA) is 87.7 Å². The Morgan fingerprint density at radius 2 is 2.00 bits per heavy atom. The van der Waals surface area contributed by atoms with Gasteiger partial charge in [0.2, 0.25) is 5.91 Å².